The first kappa shape index (κ1) is 13.7. The van der Waals surface area contributed by atoms with Crippen molar-refractivity contribution in [1.82, 2.24) is 4.98 Å². The van der Waals surface area contributed by atoms with Gasteiger partial charge in [-0.1, -0.05) is 6.07 Å². The Kier molecular flexibility index (Phi) is 4.05. The number of hydrogen-bond donors (Lipinski definition) is 0. The van der Waals surface area contributed by atoms with Gasteiger partial charge < -0.3 is 4.90 Å². The molecule has 0 N–H and O–H groups in total. The van der Waals surface area contributed by atoms with Gasteiger partial charge in [-0.25, -0.2) is 0 Å². The highest BCUT2D eigenvalue weighted by Gasteiger charge is 2.18. The van der Waals surface area contributed by atoms with Gasteiger partial charge in [0.15, 0.2) is 0 Å². The minimum atomic E-state index is -0.484. The van der Waals surface area contributed by atoms with Crippen molar-refractivity contribution < 1.29 is 9.72 Å². The molecule has 2 rings (SSSR count). The van der Waals surface area contributed by atoms with E-state index >= 15 is 0 Å². The summed E-state index contributed by atoms with van der Waals surface area (Å²) in [6.07, 6.45) is 3.98. The van der Waals surface area contributed by atoms with Crippen LogP contribution in [0.2, 0.25) is 0 Å². The van der Waals surface area contributed by atoms with Gasteiger partial charge in [-0.05, 0) is 23.8 Å². The molecule has 0 bridgehead atoms. The Hall–Kier alpha value is -2.76. The second-order valence-corrected chi connectivity index (χ2v) is 4.34. The predicted molar refractivity (Wildman–Crippen MR) is 74.8 cm³/mol. The number of hydrogen-bond acceptors (Lipinski definition) is 5. The van der Waals surface area contributed by atoms with Crippen molar-refractivity contribution in [2.75, 3.05) is 11.9 Å². The number of pyridine rings is 1. The summed E-state index contributed by atoms with van der Waals surface area (Å²) in [5.74, 6) is 0. The van der Waals surface area contributed by atoms with Crippen LogP contribution in [0.15, 0.2) is 42.7 Å². The number of anilines is 1. The van der Waals surface area contributed by atoms with Gasteiger partial charge in [-0.2, -0.15) is 0 Å². The van der Waals surface area contributed by atoms with E-state index < -0.39 is 4.92 Å². The average molecular weight is 271 g/mol. The van der Waals surface area contributed by atoms with E-state index in [9.17, 15) is 14.9 Å². The average Bonchev–Trinajstić information content (AvgIpc) is 2.47. The van der Waals surface area contributed by atoms with Crippen LogP contribution < -0.4 is 4.90 Å². The van der Waals surface area contributed by atoms with E-state index in [2.05, 4.69) is 4.98 Å². The number of benzene rings is 1. The molecule has 2 aromatic rings. The zero-order chi connectivity index (χ0) is 14.5. The minimum Gasteiger partial charge on any atom is -0.365 e. The Morgan fingerprint density at radius 2 is 2.20 bits per heavy atom. The smallest absolute Gasteiger partial charge is 0.293 e. The molecule has 0 spiro atoms. The topological polar surface area (TPSA) is 76.3 Å². The molecule has 0 saturated carbocycles. The van der Waals surface area contributed by atoms with Crippen LogP contribution in [0.4, 0.5) is 11.4 Å². The molecule has 0 aliphatic rings. The van der Waals surface area contributed by atoms with E-state index in [1.54, 1.807) is 36.5 Å². The van der Waals surface area contributed by atoms with Crippen LogP contribution in [0.1, 0.15) is 15.9 Å². The van der Waals surface area contributed by atoms with E-state index in [1.165, 1.54) is 6.07 Å². The zero-order valence-electron chi connectivity index (χ0n) is 10.9. The molecule has 6 nitrogen and oxygen atoms in total. The molecule has 1 aromatic carbocycles. The van der Waals surface area contributed by atoms with Crippen molar-refractivity contribution in [2.45, 2.75) is 6.54 Å². The second kappa shape index (κ2) is 5.92. The molecule has 0 unspecified atom stereocenters. The highest BCUT2D eigenvalue weighted by atomic mass is 16.6. The Morgan fingerprint density at radius 1 is 1.40 bits per heavy atom. The van der Waals surface area contributed by atoms with E-state index in [4.69, 9.17) is 0 Å². The summed E-state index contributed by atoms with van der Waals surface area (Å²) in [5, 5.41) is 11.1. The lowest BCUT2D eigenvalue weighted by molar-refractivity contribution is -0.384. The van der Waals surface area contributed by atoms with E-state index in [0.29, 0.717) is 18.5 Å². The number of aldehydes is 1. The fourth-order valence-corrected chi connectivity index (χ4v) is 1.93. The monoisotopic (exact) mass is 271 g/mol. The van der Waals surface area contributed by atoms with Crippen LogP contribution >= 0.6 is 0 Å². The van der Waals surface area contributed by atoms with Crippen LogP contribution in [-0.2, 0) is 6.54 Å². The normalized spacial score (nSPS) is 10.1. The van der Waals surface area contributed by atoms with Gasteiger partial charge in [0, 0.05) is 37.6 Å². The number of nitro benzene ring substituents is 1. The third-order valence-corrected chi connectivity index (χ3v) is 2.89. The molecule has 0 fully saturated rings. The minimum absolute atomic E-state index is 0.0824. The number of rotatable bonds is 5. The SMILES string of the molecule is CN(Cc1cccnc1)c1ccc(C=O)cc1[N+](=O)[O-]. The lowest BCUT2D eigenvalue weighted by Crippen LogP contribution is -2.17. The standard InChI is InChI=1S/C14H13N3O3/c1-16(9-12-3-2-6-15-8-12)13-5-4-11(10-18)7-14(13)17(19)20/h2-8,10H,9H2,1H3. The Labute approximate surface area is 115 Å². The molecule has 0 saturated heterocycles. The summed E-state index contributed by atoms with van der Waals surface area (Å²) in [5.41, 5.74) is 1.62. The summed E-state index contributed by atoms with van der Waals surface area (Å²) < 4.78 is 0. The van der Waals surface area contributed by atoms with Gasteiger partial charge in [0.25, 0.3) is 5.69 Å². The van der Waals surface area contributed by atoms with Crippen LogP contribution in [-0.4, -0.2) is 23.2 Å². The first-order valence-electron chi connectivity index (χ1n) is 5.95. The van der Waals surface area contributed by atoms with Crippen LogP contribution in [0.3, 0.4) is 0 Å². The number of nitro groups is 1. The van der Waals surface area contributed by atoms with Gasteiger partial charge in [0.05, 0.1) is 4.92 Å². The van der Waals surface area contributed by atoms with Crippen molar-refractivity contribution in [3.05, 3.63) is 64.0 Å². The Balaban J connectivity index is 2.31. The molecular formula is C14H13N3O3. The van der Waals surface area contributed by atoms with Gasteiger partial charge in [-0.3, -0.25) is 19.9 Å². The van der Waals surface area contributed by atoms with E-state index in [-0.39, 0.29) is 11.3 Å². The number of carbonyl (C=O) groups is 1. The van der Waals surface area contributed by atoms with Gasteiger partial charge >= 0.3 is 0 Å². The quantitative estimate of drug-likeness (QED) is 0.474. The lowest BCUT2D eigenvalue weighted by atomic mass is 10.1. The van der Waals surface area contributed by atoms with Crippen molar-refractivity contribution in [3.8, 4) is 0 Å². The first-order chi connectivity index (χ1) is 9.61. The molecule has 0 radical (unpaired) electrons. The molecule has 1 heterocycles. The number of aromatic nitrogens is 1. The fraction of sp³-hybridized carbons (Fsp3) is 0.143. The maximum atomic E-state index is 11.1. The summed E-state index contributed by atoms with van der Waals surface area (Å²) >= 11 is 0. The molecule has 1 aromatic heterocycles. The summed E-state index contributed by atoms with van der Waals surface area (Å²) in [6, 6.07) is 8.14. The Bertz CT molecular complexity index is 629. The van der Waals surface area contributed by atoms with Crippen LogP contribution in [0, 0.1) is 10.1 Å². The first-order valence-corrected chi connectivity index (χ1v) is 5.95. The fourth-order valence-electron chi connectivity index (χ4n) is 1.93. The molecular weight excluding hydrogens is 258 g/mol. The van der Waals surface area contributed by atoms with Crippen molar-refractivity contribution in [2.24, 2.45) is 0 Å². The molecule has 0 amide bonds. The predicted octanol–water partition coefficient (Wildman–Crippen LogP) is 2.44. The summed E-state index contributed by atoms with van der Waals surface area (Å²) in [4.78, 5) is 27.1. The molecule has 20 heavy (non-hydrogen) atoms. The summed E-state index contributed by atoms with van der Waals surface area (Å²) in [7, 11) is 1.76. The highest BCUT2D eigenvalue weighted by Crippen LogP contribution is 2.28. The van der Waals surface area contributed by atoms with Crippen LogP contribution in [0.25, 0.3) is 0 Å². The van der Waals surface area contributed by atoms with Crippen molar-refractivity contribution in [1.29, 1.82) is 0 Å². The zero-order valence-corrected chi connectivity index (χ0v) is 10.9. The van der Waals surface area contributed by atoms with Crippen molar-refractivity contribution in [3.63, 3.8) is 0 Å². The number of nitrogens with zero attached hydrogens (tertiary/aromatic N) is 3. The molecule has 6 heteroatoms. The third-order valence-electron chi connectivity index (χ3n) is 2.89. The molecule has 0 aliphatic heterocycles. The highest BCUT2D eigenvalue weighted by molar-refractivity contribution is 5.79. The second-order valence-electron chi connectivity index (χ2n) is 4.34. The molecule has 102 valence electrons. The van der Waals surface area contributed by atoms with Crippen LogP contribution in [0.5, 0.6) is 0 Å². The maximum Gasteiger partial charge on any atom is 0.293 e. The Morgan fingerprint density at radius 3 is 2.80 bits per heavy atom. The van der Waals surface area contributed by atoms with Gasteiger partial charge in [-0.15, -0.1) is 0 Å². The van der Waals surface area contributed by atoms with Crippen molar-refractivity contribution >= 4 is 17.7 Å². The third kappa shape index (κ3) is 2.97. The van der Waals surface area contributed by atoms with Gasteiger partial charge in [0.2, 0.25) is 0 Å². The van der Waals surface area contributed by atoms with E-state index in [1.807, 2.05) is 12.1 Å². The molecule has 0 aliphatic carbocycles. The lowest BCUT2D eigenvalue weighted by Gasteiger charge is -2.19. The molecule has 0 atom stereocenters. The van der Waals surface area contributed by atoms with Gasteiger partial charge in [0.1, 0.15) is 12.0 Å². The maximum absolute atomic E-state index is 11.1. The largest absolute Gasteiger partial charge is 0.365 e. The van der Waals surface area contributed by atoms with E-state index in [0.717, 1.165) is 5.56 Å². The summed E-state index contributed by atoms with van der Waals surface area (Å²) in [6.45, 7) is 0.495. The number of carbonyl (C=O) groups excluding carboxylic acids is 1.